The molecule has 0 N–H and O–H groups in total. The van der Waals surface area contributed by atoms with Crippen molar-refractivity contribution in [3.8, 4) is 22.5 Å². The van der Waals surface area contributed by atoms with Crippen molar-refractivity contribution in [2.24, 2.45) is 0 Å². The van der Waals surface area contributed by atoms with Crippen molar-refractivity contribution in [3.63, 3.8) is 0 Å². The van der Waals surface area contributed by atoms with Crippen LogP contribution in [-0.2, 0) is 0 Å². The van der Waals surface area contributed by atoms with E-state index in [9.17, 15) is 0 Å². The quantitative estimate of drug-likeness (QED) is 0.174. The molecule has 0 aliphatic heterocycles. The van der Waals surface area contributed by atoms with E-state index >= 15 is 0 Å². The van der Waals surface area contributed by atoms with Crippen molar-refractivity contribution < 1.29 is 0 Å². The van der Waals surface area contributed by atoms with Crippen LogP contribution in [0, 0.1) is 0 Å². The molecule has 12 aromatic rings. The molecule has 4 aromatic heterocycles. The molecule has 0 amide bonds. The molecule has 4 heteroatoms. The summed E-state index contributed by atoms with van der Waals surface area (Å²) < 4.78 is 10.3. The summed E-state index contributed by atoms with van der Waals surface area (Å²) in [5.74, 6) is 0. The third-order valence-corrected chi connectivity index (χ3v) is 13.3. The van der Waals surface area contributed by atoms with Gasteiger partial charge in [-0.3, -0.25) is 0 Å². The Labute approximate surface area is 306 Å². The summed E-state index contributed by atoms with van der Waals surface area (Å²) in [5.41, 5.74) is 9.77. The minimum atomic E-state index is 1.16. The highest BCUT2D eigenvalue weighted by atomic mass is 32.1. The number of aromatic nitrogens is 2. The second-order valence-corrected chi connectivity index (χ2v) is 15.8. The molecule has 0 atom stereocenters. The Kier molecular flexibility index (Phi) is 5.84. The van der Waals surface area contributed by atoms with Gasteiger partial charge in [-0.25, -0.2) is 0 Å². The molecule has 0 saturated carbocycles. The van der Waals surface area contributed by atoms with E-state index in [4.69, 9.17) is 0 Å². The molecule has 0 aliphatic rings. The lowest BCUT2D eigenvalue weighted by atomic mass is 10.0. The molecule has 4 heterocycles. The number of hydrogen-bond donors (Lipinski definition) is 0. The van der Waals surface area contributed by atoms with Gasteiger partial charge in [0.05, 0.1) is 22.1 Å². The van der Waals surface area contributed by atoms with Crippen LogP contribution in [-0.4, -0.2) is 9.13 Å². The van der Waals surface area contributed by atoms with E-state index in [2.05, 4.69) is 179 Å². The zero-order chi connectivity index (χ0) is 33.9. The second kappa shape index (κ2) is 10.7. The first-order valence-corrected chi connectivity index (χ1v) is 19.3. The normalized spacial score (nSPS) is 12.2. The van der Waals surface area contributed by atoms with E-state index in [0.29, 0.717) is 0 Å². The first-order chi connectivity index (χ1) is 25.8. The number of thiophene rings is 2. The van der Waals surface area contributed by atoms with Gasteiger partial charge >= 0.3 is 0 Å². The fourth-order valence-corrected chi connectivity index (χ4v) is 11.1. The van der Waals surface area contributed by atoms with E-state index in [0.717, 1.165) is 5.69 Å². The van der Waals surface area contributed by atoms with Crippen molar-refractivity contribution in [2.45, 2.75) is 0 Å². The van der Waals surface area contributed by atoms with E-state index in [1.165, 1.54) is 101 Å². The highest BCUT2D eigenvalue weighted by molar-refractivity contribution is 7.27. The fraction of sp³-hybridized carbons (Fsp3) is 0. The lowest BCUT2D eigenvalue weighted by Gasteiger charge is -2.11. The van der Waals surface area contributed by atoms with Crippen LogP contribution in [0.3, 0.4) is 0 Å². The van der Waals surface area contributed by atoms with E-state index in [-0.39, 0.29) is 0 Å². The van der Waals surface area contributed by atoms with Gasteiger partial charge in [-0.1, -0.05) is 115 Å². The zero-order valence-corrected chi connectivity index (χ0v) is 29.5. The van der Waals surface area contributed by atoms with Gasteiger partial charge in [0.2, 0.25) is 0 Å². The summed E-state index contributed by atoms with van der Waals surface area (Å²) in [4.78, 5) is 0. The maximum absolute atomic E-state index is 2.51. The molecular formula is C48H28N2S2. The molecule has 12 rings (SSSR count). The predicted molar refractivity (Wildman–Crippen MR) is 226 cm³/mol. The molecule has 0 spiro atoms. The molecule has 242 valence electrons. The van der Waals surface area contributed by atoms with E-state index in [1.807, 2.05) is 22.7 Å². The van der Waals surface area contributed by atoms with Crippen molar-refractivity contribution >= 4 is 107 Å². The average molecular weight is 697 g/mol. The summed E-state index contributed by atoms with van der Waals surface area (Å²) in [6.45, 7) is 0. The lowest BCUT2D eigenvalue weighted by Crippen LogP contribution is -1.97. The molecule has 0 unspecified atom stereocenters. The van der Waals surface area contributed by atoms with Gasteiger partial charge in [0.15, 0.2) is 0 Å². The highest BCUT2D eigenvalue weighted by Gasteiger charge is 2.21. The van der Waals surface area contributed by atoms with Crippen LogP contribution in [0.5, 0.6) is 0 Å². The highest BCUT2D eigenvalue weighted by Crippen LogP contribution is 2.47. The third kappa shape index (κ3) is 3.88. The van der Waals surface area contributed by atoms with E-state index < -0.39 is 0 Å². The second-order valence-electron chi connectivity index (χ2n) is 13.7. The Hall–Kier alpha value is -6.20. The van der Waals surface area contributed by atoms with Crippen molar-refractivity contribution in [2.75, 3.05) is 0 Å². The SMILES string of the molecule is c1ccc(-c2cccc3c2sc2c3ccc3c2c2ccc(-n4c5ccccc5c5ccccc54)cc2n3-c2ccc3sc4ccccc4c3c2)cc1. The zero-order valence-electron chi connectivity index (χ0n) is 27.9. The number of hydrogen-bond acceptors (Lipinski definition) is 2. The van der Waals surface area contributed by atoms with Crippen LogP contribution < -0.4 is 0 Å². The smallest absolute Gasteiger partial charge is 0.0562 e. The summed E-state index contributed by atoms with van der Waals surface area (Å²) >= 11 is 3.80. The number of rotatable bonds is 3. The van der Waals surface area contributed by atoms with Crippen molar-refractivity contribution in [3.05, 3.63) is 170 Å². The third-order valence-electron chi connectivity index (χ3n) is 10.9. The molecule has 0 aliphatic carbocycles. The van der Waals surface area contributed by atoms with Crippen LogP contribution in [0.4, 0.5) is 0 Å². The number of benzene rings is 8. The minimum Gasteiger partial charge on any atom is -0.309 e. The van der Waals surface area contributed by atoms with Crippen LogP contribution in [0.1, 0.15) is 0 Å². The Balaban J connectivity index is 1.21. The fourth-order valence-electron chi connectivity index (χ4n) is 8.66. The van der Waals surface area contributed by atoms with Gasteiger partial charge in [-0.2, -0.15) is 0 Å². The number of nitrogens with zero attached hydrogens (tertiary/aromatic N) is 2. The average Bonchev–Trinajstić information content (AvgIpc) is 3.95. The van der Waals surface area contributed by atoms with Crippen LogP contribution in [0.25, 0.3) is 106 Å². The molecule has 0 radical (unpaired) electrons. The number of para-hydroxylation sites is 2. The minimum absolute atomic E-state index is 1.16. The van der Waals surface area contributed by atoms with Crippen molar-refractivity contribution in [1.82, 2.24) is 9.13 Å². The Morgan fingerprint density at radius 2 is 0.942 bits per heavy atom. The van der Waals surface area contributed by atoms with Crippen LogP contribution in [0.15, 0.2) is 170 Å². The largest absolute Gasteiger partial charge is 0.309 e. The molecule has 52 heavy (non-hydrogen) atoms. The molecule has 0 saturated heterocycles. The van der Waals surface area contributed by atoms with E-state index in [1.54, 1.807) is 0 Å². The maximum atomic E-state index is 2.51. The van der Waals surface area contributed by atoms with Crippen LogP contribution >= 0.6 is 22.7 Å². The number of fused-ring (bicyclic) bond motifs is 13. The van der Waals surface area contributed by atoms with Gasteiger partial charge < -0.3 is 9.13 Å². The van der Waals surface area contributed by atoms with Crippen molar-refractivity contribution in [1.29, 1.82) is 0 Å². The Bertz CT molecular complexity index is 3360. The predicted octanol–water partition coefficient (Wildman–Crippen LogP) is 14.3. The Morgan fingerprint density at radius 3 is 1.77 bits per heavy atom. The molecular weight excluding hydrogens is 669 g/mol. The molecule has 0 fully saturated rings. The topological polar surface area (TPSA) is 9.86 Å². The van der Waals surface area contributed by atoms with Gasteiger partial charge in [-0.15, -0.1) is 22.7 Å². The monoisotopic (exact) mass is 696 g/mol. The van der Waals surface area contributed by atoms with Gasteiger partial charge in [0, 0.05) is 73.3 Å². The molecule has 2 nitrogen and oxygen atoms in total. The molecule has 8 aromatic carbocycles. The summed E-state index contributed by atoms with van der Waals surface area (Å²) in [6, 6.07) is 62.8. The Morgan fingerprint density at radius 1 is 0.327 bits per heavy atom. The van der Waals surface area contributed by atoms with Crippen LogP contribution in [0.2, 0.25) is 0 Å². The standard InChI is InChI=1S/C48H28N2S2/c1-2-11-29(12-3-1)32-16-10-17-36-37-24-25-42-46(48(37)52-47(32)36)38-23-21-31(49-40-18-7-4-13-33(40)34-14-5-8-19-41(34)49)28-43(38)50(42)30-22-26-45-39(27-30)35-15-6-9-20-44(35)51-45/h1-28H. The summed E-state index contributed by atoms with van der Waals surface area (Å²) in [5, 5.41) is 10.4. The first-order valence-electron chi connectivity index (χ1n) is 17.7. The van der Waals surface area contributed by atoms with Gasteiger partial charge in [-0.05, 0) is 65.7 Å². The lowest BCUT2D eigenvalue weighted by molar-refractivity contribution is 1.16. The summed E-state index contributed by atoms with van der Waals surface area (Å²) in [7, 11) is 0. The van der Waals surface area contributed by atoms with Gasteiger partial charge in [0.25, 0.3) is 0 Å². The first kappa shape index (κ1) is 28.5. The molecule has 0 bridgehead atoms. The maximum Gasteiger partial charge on any atom is 0.0562 e. The van der Waals surface area contributed by atoms with Gasteiger partial charge in [0.1, 0.15) is 0 Å². The summed E-state index contributed by atoms with van der Waals surface area (Å²) in [6.07, 6.45) is 0.